The van der Waals surface area contributed by atoms with Crippen LogP contribution >= 0.6 is 0 Å². The van der Waals surface area contributed by atoms with Gasteiger partial charge in [0, 0.05) is 37.7 Å². The van der Waals surface area contributed by atoms with Gasteiger partial charge in [-0.15, -0.1) is 0 Å². The standard InChI is InChI=1S/C20H29N5O2/c1-2-4-19(27-14-11-24-9-12-26-13-10-24)18(3-1)15-25-7-5-17(6-8-25)20-21-16-22-23-20/h1-4,16-17H,5-15H2,(H,21,22,23). The molecule has 1 aromatic heterocycles. The summed E-state index contributed by atoms with van der Waals surface area (Å²) in [6.45, 7) is 8.46. The summed E-state index contributed by atoms with van der Waals surface area (Å²) in [5.74, 6) is 2.55. The third-order valence-electron chi connectivity index (χ3n) is 5.54. The lowest BCUT2D eigenvalue weighted by Crippen LogP contribution is -2.38. The van der Waals surface area contributed by atoms with Gasteiger partial charge < -0.3 is 9.47 Å². The zero-order chi connectivity index (χ0) is 18.3. The molecule has 3 heterocycles. The predicted octanol–water partition coefficient (Wildman–Crippen LogP) is 1.90. The summed E-state index contributed by atoms with van der Waals surface area (Å²) >= 11 is 0. The maximum Gasteiger partial charge on any atom is 0.137 e. The summed E-state index contributed by atoms with van der Waals surface area (Å²) in [7, 11) is 0. The molecule has 2 aliphatic heterocycles. The number of rotatable bonds is 7. The molecule has 146 valence electrons. The maximum absolute atomic E-state index is 6.13. The van der Waals surface area contributed by atoms with Crippen LogP contribution in [0.15, 0.2) is 30.6 Å². The Morgan fingerprint density at radius 3 is 2.67 bits per heavy atom. The van der Waals surface area contributed by atoms with Crippen LogP contribution in [-0.4, -0.2) is 77.5 Å². The van der Waals surface area contributed by atoms with E-state index in [0.29, 0.717) is 5.92 Å². The number of morpholine rings is 1. The van der Waals surface area contributed by atoms with E-state index in [1.807, 2.05) is 0 Å². The third-order valence-corrected chi connectivity index (χ3v) is 5.54. The van der Waals surface area contributed by atoms with Crippen LogP contribution < -0.4 is 4.74 Å². The van der Waals surface area contributed by atoms with Gasteiger partial charge in [-0.3, -0.25) is 14.9 Å². The van der Waals surface area contributed by atoms with E-state index in [2.05, 4.69) is 49.2 Å². The first-order valence-electron chi connectivity index (χ1n) is 9.97. The number of nitrogens with one attached hydrogen (secondary N) is 1. The molecule has 0 radical (unpaired) electrons. The van der Waals surface area contributed by atoms with Crippen LogP contribution in [0.25, 0.3) is 0 Å². The molecule has 0 aliphatic carbocycles. The minimum Gasteiger partial charge on any atom is -0.492 e. The van der Waals surface area contributed by atoms with Crippen LogP contribution in [0.2, 0.25) is 0 Å². The van der Waals surface area contributed by atoms with Gasteiger partial charge in [0.15, 0.2) is 0 Å². The van der Waals surface area contributed by atoms with Gasteiger partial charge in [-0.1, -0.05) is 18.2 Å². The van der Waals surface area contributed by atoms with Gasteiger partial charge in [-0.25, -0.2) is 4.98 Å². The van der Waals surface area contributed by atoms with Crippen molar-refractivity contribution in [3.05, 3.63) is 42.0 Å². The maximum atomic E-state index is 6.13. The summed E-state index contributed by atoms with van der Waals surface area (Å²) in [6.07, 6.45) is 3.84. The molecule has 27 heavy (non-hydrogen) atoms. The van der Waals surface area contributed by atoms with Gasteiger partial charge in [-0.05, 0) is 32.0 Å². The number of nitrogens with zero attached hydrogens (tertiary/aromatic N) is 4. The fraction of sp³-hybridized carbons (Fsp3) is 0.600. The highest BCUT2D eigenvalue weighted by molar-refractivity contribution is 5.33. The van der Waals surface area contributed by atoms with E-state index in [0.717, 1.165) is 83.5 Å². The number of piperidine rings is 1. The van der Waals surface area contributed by atoms with E-state index in [4.69, 9.17) is 9.47 Å². The molecule has 0 unspecified atom stereocenters. The molecule has 7 nitrogen and oxygen atoms in total. The van der Waals surface area contributed by atoms with Crippen molar-refractivity contribution in [2.45, 2.75) is 25.3 Å². The Hall–Kier alpha value is -1.96. The molecule has 1 aromatic carbocycles. The third kappa shape index (κ3) is 5.06. The summed E-state index contributed by atoms with van der Waals surface area (Å²) in [6, 6.07) is 8.44. The number of likely N-dealkylation sites (tertiary alicyclic amines) is 1. The van der Waals surface area contributed by atoms with Gasteiger partial charge in [0.05, 0.1) is 13.2 Å². The van der Waals surface area contributed by atoms with Crippen molar-refractivity contribution < 1.29 is 9.47 Å². The van der Waals surface area contributed by atoms with Crippen molar-refractivity contribution in [3.8, 4) is 5.75 Å². The van der Waals surface area contributed by atoms with Crippen LogP contribution in [0.4, 0.5) is 0 Å². The summed E-state index contributed by atoms with van der Waals surface area (Å²) in [4.78, 5) is 9.23. The van der Waals surface area contributed by atoms with Crippen LogP contribution in [0.1, 0.15) is 30.1 Å². The SMILES string of the molecule is c1ccc(OCCN2CCOCC2)c(CN2CCC(c3ncn[nH]3)CC2)c1. The average molecular weight is 371 g/mol. The minimum absolute atomic E-state index is 0.503. The minimum atomic E-state index is 0.503. The number of aromatic nitrogens is 3. The van der Waals surface area contributed by atoms with Crippen molar-refractivity contribution >= 4 is 0 Å². The smallest absolute Gasteiger partial charge is 0.137 e. The number of hydrogen-bond acceptors (Lipinski definition) is 6. The highest BCUT2D eigenvalue weighted by atomic mass is 16.5. The molecule has 4 rings (SSSR count). The molecular weight excluding hydrogens is 342 g/mol. The van der Waals surface area contributed by atoms with Crippen molar-refractivity contribution in [3.63, 3.8) is 0 Å². The molecule has 2 saturated heterocycles. The molecule has 2 fully saturated rings. The zero-order valence-corrected chi connectivity index (χ0v) is 15.8. The molecule has 0 amide bonds. The van der Waals surface area contributed by atoms with Crippen LogP contribution in [-0.2, 0) is 11.3 Å². The lowest BCUT2D eigenvalue weighted by molar-refractivity contribution is 0.0321. The van der Waals surface area contributed by atoms with E-state index in [1.54, 1.807) is 6.33 Å². The quantitative estimate of drug-likeness (QED) is 0.802. The first-order chi connectivity index (χ1) is 13.4. The number of ether oxygens (including phenoxy) is 2. The summed E-state index contributed by atoms with van der Waals surface area (Å²) < 4.78 is 11.5. The Labute approximate surface area is 160 Å². The normalized spacial score (nSPS) is 20.0. The Kier molecular flexibility index (Phi) is 6.34. The Bertz CT molecular complexity index is 679. The fourth-order valence-electron chi connectivity index (χ4n) is 3.90. The molecule has 0 atom stereocenters. The van der Waals surface area contributed by atoms with E-state index in [-0.39, 0.29) is 0 Å². The Morgan fingerprint density at radius 2 is 1.89 bits per heavy atom. The molecule has 0 saturated carbocycles. The number of H-pyrrole nitrogens is 1. The number of aromatic amines is 1. The second kappa shape index (κ2) is 9.30. The van der Waals surface area contributed by atoms with E-state index in [9.17, 15) is 0 Å². The molecule has 0 spiro atoms. The van der Waals surface area contributed by atoms with Crippen molar-refractivity contribution in [1.29, 1.82) is 0 Å². The van der Waals surface area contributed by atoms with Gasteiger partial charge >= 0.3 is 0 Å². The topological polar surface area (TPSA) is 66.5 Å². The summed E-state index contributed by atoms with van der Waals surface area (Å²) in [5.41, 5.74) is 1.28. The second-order valence-electron chi connectivity index (χ2n) is 7.33. The average Bonchev–Trinajstić information content (AvgIpc) is 3.26. The lowest BCUT2D eigenvalue weighted by Gasteiger charge is -2.31. The van der Waals surface area contributed by atoms with E-state index >= 15 is 0 Å². The van der Waals surface area contributed by atoms with Crippen LogP contribution in [0.3, 0.4) is 0 Å². The first kappa shape index (κ1) is 18.4. The number of benzene rings is 1. The van der Waals surface area contributed by atoms with Gasteiger partial charge in [-0.2, -0.15) is 5.10 Å². The molecule has 2 aliphatic rings. The van der Waals surface area contributed by atoms with Gasteiger partial charge in [0.1, 0.15) is 24.5 Å². The first-order valence-corrected chi connectivity index (χ1v) is 9.97. The highest BCUT2D eigenvalue weighted by Gasteiger charge is 2.23. The van der Waals surface area contributed by atoms with Gasteiger partial charge in [0.2, 0.25) is 0 Å². The van der Waals surface area contributed by atoms with E-state index in [1.165, 1.54) is 5.56 Å². The van der Waals surface area contributed by atoms with Crippen LogP contribution in [0.5, 0.6) is 5.75 Å². The number of para-hydroxylation sites is 1. The Balaban J connectivity index is 1.26. The molecule has 1 N–H and O–H groups in total. The van der Waals surface area contributed by atoms with Gasteiger partial charge in [0.25, 0.3) is 0 Å². The molecule has 7 heteroatoms. The fourth-order valence-corrected chi connectivity index (χ4v) is 3.90. The monoisotopic (exact) mass is 371 g/mol. The molecule has 0 bridgehead atoms. The number of hydrogen-bond donors (Lipinski definition) is 1. The lowest BCUT2D eigenvalue weighted by atomic mass is 9.96. The zero-order valence-electron chi connectivity index (χ0n) is 15.8. The van der Waals surface area contributed by atoms with Crippen molar-refractivity contribution in [1.82, 2.24) is 25.0 Å². The van der Waals surface area contributed by atoms with Crippen LogP contribution in [0, 0.1) is 0 Å². The van der Waals surface area contributed by atoms with Crippen molar-refractivity contribution in [2.24, 2.45) is 0 Å². The Morgan fingerprint density at radius 1 is 1.07 bits per heavy atom. The second-order valence-corrected chi connectivity index (χ2v) is 7.33. The molecular formula is C20H29N5O2. The van der Waals surface area contributed by atoms with E-state index < -0.39 is 0 Å². The molecule has 2 aromatic rings. The van der Waals surface area contributed by atoms with Crippen molar-refractivity contribution in [2.75, 3.05) is 52.5 Å². The highest BCUT2D eigenvalue weighted by Crippen LogP contribution is 2.27. The largest absolute Gasteiger partial charge is 0.492 e. The predicted molar refractivity (Wildman–Crippen MR) is 103 cm³/mol. The summed E-state index contributed by atoms with van der Waals surface area (Å²) in [5, 5.41) is 7.00.